The van der Waals surface area contributed by atoms with Crippen LogP contribution in [0.1, 0.15) is 40.0 Å². The fourth-order valence-corrected chi connectivity index (χ4v) is 4.53. The lowest BCUT2D eigenvalue weighted by Crippen LogP contribution is -2.43. The topological polar surface area (TPSA) is 99.6 Å². The second kappa shape index (κ2) is 8.14. The van der Waals surface area contributed by atoms with Crippen LogP contribution in [-0.2, 0) is 14.8 Å². The minimum atomic E-state index is -3.59. The molecule has 1 aromatic rings. The number of sulfonamides is 1. The van der Waals surface area contributed by atoms with Gasteiger partial charge in [-0.25, -0.2) is 18.1 Å². The highest BCUT2D eigenvalue weighted by Crippen LogP contribution is 2.26. The number of hydrogen-bond acceptors (Lipinski definition) is 5. The monoisotopic (exact) mass is 369 g/mol. The zero-order valence-corrected chi connectivity index (χ0v) is 15.8. The number of aromatic nitrogens is 1. The minimum absolute atomic E-state index is 0.0936. The van der Waals surface area contributed by atoms with Gasteiger partial charge in [-0.05, 0) is 37.3 Å². The molecule has 1 aromatic heterocycles. The first-order chi connectivity index (χ1) is 11.8. The molecule has 1 fully saturated rings. The van der Waals surface area contributed by atoms with E-state index in [0.29, 0.717) is 18.8 Å². The average Bonchev–Trinajstić information content (AvgIpc) is 2.59. The molecule has 0 spiro atoms. The normalized spacial score (nSPS) is 21.5. The Balaban J connectivity index is 2.15. The van der Waals surface area contributed by atoms with Gasteiger partial charge in [-0.15, -0.1) is 0 Å². The quantitative estimate of drug-likeness (QED) is 0.763. The van der Waals surface area contributed by atoms with Gasteiger partial charge in [0.25, 0.3) is 0 Å². The van der Waals surface area contributed by atoms with Crippen molar-refractivity contribution in [2.24, 2.45) is 11.8 Å². The summed E-state index contributed by atoms with van der Waals surface area (Å²) < 4.78 is 27.5. The van der Waals surface area contributed by atoms with Gasteiger partial charge < -0.3 is 10.0 Å². The highest BCUT2D eigenvalue weighted by molar-refractivity contribution is 7.89. The van der Waals surface area contributed by atoms with Crippen molar-refractivity contribution in [1.29, 1.82) is 0 Å². The largest absolute Gasteiger partial charge is 0.481 e. The van der Waals surface area contributed by atoms with Crippen molar-refractivity contribution < 1.29 is 18.3 Å². The standard InChI is InChI=1S/C17H27N3O4S/c1-4-14(5-2)19-25(23,24)15-6-7-16(18-9-15)20-10-12(3)8-13(11-20)17(21)22/h6-7,9,12-14,19H,4-5,8,10-11H2,1-3H3,(H,21,22). The van der Waals surface area contributed by atoms with Crippen LogP contribution in [0.4, 0.5) is 5.82 Å². The zero-order valence-electron chi connectivity index (χ0n) is 15.0. The van der Waals surface area contributed by atoms with Crippen LogP contribution in [0.5, 0.6) is 0 Å². The Bertz CT molecular complexity index is 686. The molecule has 1 aliphatic heterocycles. The molecule has 8 heteroatoms. The first kappa shape index (κ1) is 19.7. The van der Waals surface area contributed by atoms with E-state index in [1.54, 1.807) is 6.07 Å². The number of hydrogen-bond donors (Lipinski definition) is 2. The third-order valence-electron chi connectivity index (χ3n) is 4.67. The second-order valence-corrected chi connectivity index (χ2v) is 8.48. The highest BCUT2D eigenvalue weighted by atomic mass is 32.2. The van der Waals surface area contributed by atoms with E-state index in [1.807, 2.05) is 25.7 Å². The molecular formula is C17H27N3O4S. The molecule has 7 nitrogen and oxygen atoms in total. The maximum Gasteiger partial charge on any atom is 0.308 e. The number of anilines is 1. The van der Waals surface area contributed by atoms with Crippen molar-refractivity contribution >= 4 is 21.8 Å². The fourth-order valence-electron chi connectivity index (χ4n) is 3.18. The predicted octanol–water partition coefficient (Wildman–Crippen LogP) is 2.10. The summed E-state index contributed by atoms with van der Waals surface area (Å²) in [7, 11) is -3.59. The molecule has 0 bridgehead atoms. The molecule has 2 atom stereocenters. The van der Waals surface area contributed by atoms with Gasteiger partial charge in [0, 0.05) is 25.3 Å². The van der Waals surface area contributed by atoms with Crippen molar-refractivity contribution in [2.45, 2.75) is 51.0 Å². The first-order valence-electron chi connectivity index (χ1n) is 8.72. The molecule has 2 unspecified atom stereocenters. The molecule has 0 radical (unpaired) electrons. The van der Waals surface area contributed by atoms with Crippen molar-refractivity contribution in [3.05, 3.63) is 18.3 Å². The molecule has 2 rings (SSSR count). The van der Waals surface area contributed by atoms with Crippen LogP contribution < -0.4 is 9.62 Å². The summed E-state index contributed by atoms with van der Waals surface area (Å²) in [6.45, 7) is 7.00. The molecule has 2 heterocycles. The predicted molar refractivity (Wildman–Crippen MR) is 96.0 cm³/mol. The SMILES string of the molecule is CCC(CC)NS(=O)(=O)c1ccc(N2CC(C)CC(C(=O)O)C2)nc1. The lowest BCUT2D eigenvalue weighted by Gasteiger charge is -2.35. The number of carbonyl (C=O) groups is 1. The van der Waals surface area contributed by atoms with Gasteiger partial charge in [-0.2, -0.15) is 0 Å². The van der Waals surface area contributed by atoms with Crippen LogP contribution in [-0.4, -0.2) is 43.6 Å². The van der Waals surface area contributed by atoms with Crippen molar-refractivity contribution in [1.82, 2.24) is 9.71 Å². The van der Waals surface area contributed by atoms with Gasteiger partial charge in [-0.3, -0.25) is 4.79 Å². The third-order valence-corrected chi connectivity index (χ3v) is 6.18. The molecule has 1 saturated heterocycles. The number of rotatable bonds is 7. The van der Waals surface area contributed by atoms with Crippen molar-refractivity contribution in [2.75, 3.05) is 18.0 Å². The van der Waals surface area contributed by atoms with Crippen LogP contribution >= 0.6 is 0 Å². The number of nitrogens with zero attached hydrogens (tertiary/aromatic N) is 2. The molecule has 0 amide bonds. The third kappa shape index (κ3) is 4.92. The smallest absolute Gasteiger partial charge is 0.308 e. The van der Waals surface area contributed by atoms with Crippen molar-refractivity contribution in [3.8, 4) is 0 Å². The summed E-state index contributed by atoms with van der Waals surface area (Å²) in [5.41, 5.74) is 0. The van der Waals surface area contributed by atoms with E-state index < -0.39 is 21.9 Å². The van der Waals surface area contributed by atoms with Crippen LogP contribution in [0, 0.1) is 11.8 Å². The lowest BCUT2D eigenvalue weighted by molar-refractivity contribution is -0.142. The Hall–Kier alpha value is -1.67. The zero-order chi connectivity index (χ0) is 18.6. The molecule has 140 valence electrons. The Morgan fingerprint density at radius 2 is 2.04 bits per heavy atom. The van der Waals surface area contributed by atoms with E-state index in [9.17, 15) is 18.3 Å². The summed E-state index contributed by atoms with van der Waals surface area (Å²) >= 11 is 0. The maximum atomic E-state index is 12.4. The van der Waals surface area contributed by atoms with Crippen LogP contribution in [0.3, 0.4) is 0 Å². The first-order valence-corrected chi connectivity index (χ1v) is 10.2. The Kier molecular flexibility index (Phi) is 6.40. The van der Waals surface area contributed by atoms with E-state index in [0.717, 1.165) is 19.4 Å². The Morgan fingerprint density at radius 3 is 2.56 bits per heavy atom. The molecule has 0 saturated carbocycles. The van der Waals surface area contributed by atoms with E-state index >= 15 is 0 Å². The van der Waals surface area contributed by atoms with Gasteiger partial charge >= 0.3 is 5.97 Å². The Labute approximate surface area is 149 Å². The van der Waals surface area contributed by atoms with Crippen molar-refractivity contribution in [3.63, 3.8) is 0 Å². The van der Waals surface area contributed by atoms with Gasteiger partial charge in [0.1, 0.15) is 10.7 Å². The van der Waals surface area contributed by atoms with Gasteiger partial charge in [0.15, 0.2) is 0 Å². The Morgan fingerprint density at radius 1 is 1.36 bits per heavy atom. The number of aliphatic carboxylic acids is 1. The fraction of sp³-hybridized carbons (Fsp3) is 0.647. The van der Waals surface area contributed by atoms with Gasteiger partial charge in [0.05, 0.1) is 5.92 Å². The van der Waals surface area contributed by atoms with E-state index in [4.69, 9.17) is 0 Å². The van der Waals surface area contributed by atoms with Crippen LogP contribution in [0.25, 0.3) is 0 Å². The van der Waals surface area contributed by atoms with Gasteiger partial charge in [-0.1, -0.05) is 20.8 Å². The summed E-state index contributed by atoms with van der Waals surface area (Å²) in [4.78, 5) is 17.6. The number of nitrogens with one attached hydrogen (secondary N) is 1. The molecule has 25 heavy (non-hydrogen) atoms. The van der Waals surface area contributed by atoms with Gasteiger partial charge in [0.2, 0.25) is 10.0 Å². The van der Waals surface area contributed by atoms with E-state index in [2.05, 4.69) is 9.71 Å². The van der Waals surface area contributed by atoms with Crippen LogP contribution in [0.2, 0.25) is 0 Å². The second-order valence-electron chi connectivity index (χ2n) is 6.77. The summed E-state index contributed by atoms with van der Waals surface area (Å²) in [5.74, 6) is -0.369. The lowest BCUT2D eigenvalue weighted by atomic mass is 9.90. The number of pyridine rings is 1. The van der Waals surface area contributed by atoms with E-state index in [1.165, 1.54) is 12.3 Å². The molecule has 2 N–H and O–H groups in total. The number of piperidine rings is 1. The summed E-state index contributed by atoms with van der Waals surface area (Å²) in [6.07, 6.45) is 3.44. The molecule has 0 aliphatic carbocycles. The minimum Gasteiger partial charge on any atom is -0.481 e. The summed E-state index contributed by atoms with van der Waals surface area (Å²) in [5, 5.41) is 9.27. The average molecular weight is 369 g/mol. The molecular weight excluding hydrogens is 342 g/mol. The van der Waals surface area contributed by atoms with Crippen LogP contribution in [0.15, 0.2) is 23.2 Å². The maximum absolute atomic E-state index is 12.4. The number of carboxylic acid groups (broad SMARTS) is 1. The highest BCUT2D eigenvalue weighted by Gasteiger charge is 2.30. The number of carboxylic acids is 1. The molecule has 1 aliphatic rings. The summed E-state index contributed by atoms with van der Waals surface area (Å²) in [6, 6.07) is 3.09. The molecule has 0 aromatic carbocycles. The van der Waals surface area contributed by atoms with E-state index in [-0.39, 0.29) is 16.9 Å².